The number of morpholine rings is 1. The predicted molar refractivity (Wildman–Crippen MR) is 96.9 cm³/mol. The van der Waals surface area contributed by atoms with Crippen LogP contribution in [0, 0.1) is 23.2 Å². The van der Waals surface area contributed by atoms with E-state index >= 15 is 0 Å². The second-order valence-corrected chi connectivity index (χ2v) is 8.41. The molecule has 1 saturated heterocycles. The highest BCUT2D eigenvalue weighted by Crippen LogP contribution is 2.50. The molecular formula is C20H32N2O3. The van der Waals surface area contributed by atoms with Crippen LogP contribution in [-0.2, 0) is 14.3 Å². The Labute approximate surface area is 151 Å². The number of amides is 2. The van der Waals surface area contributed by atoms with Gasteiger partial charge in [0.05, 0.1) is 25.0 Å². The molecule has 2 aliphatic carbocycles. The Morgan fingerprint density at radius 1 is 1.16 bits per heavy atom. The molecule has 1 heterocycles. The van der Waals surface area contributed by atoms with Crippen molar-refractivity contribution in [2.45, 2.75) is 46.0 Å². The second-order valence-electron chi connectivity index (χ2n) is 8.41. The molecule has 140 valence electrons. The first-order valence-electron chi connectivity index (χ1n) is 9.80. The van der Waals surface area contributed by atoms with Crippen molar-refractivity contribution in [1.29, 1.82) is 0 Å². The van der Waals surface area contributed by atoms with Gasteiger partial charge in [-0.1, -0.05) is 26.0 Å². The largest absolute Gasteiger partial charge is 0.378 e. The summed E-state index contributed by atoms with van der Waals surface area (Å²) < 4.78 is 5.34. The lowest BCUT2D eigenvalue weighted by Crippen LogP contribution is -2.48. The minimum absolute atomic E-state index is 0.0611. The third-order valence-corrected chi connectivity index (χ3v) is 5.85. The molecule has 1 N–H and O–H groups in total. The van der Waals surface area contributed by atoms with Gasteiger partial charge in [0.25, 0.3) is 0 Å². The number of hydrogen-bond donors (Lipinski definition) is 1. The van der Waals surface area contributed by atoms with Gasteiger partial charge in [-0.3, -0.25) is 9.59 Å². The van der Waals surface area contributed by atoms with Crippen molar-refractivity contribution >= 4 is 11.8 Å². The molecule has 0 radical (unpaired) electrons. The minimum atomic E-state index is -0.227. The molecule has 1 saturated carbocycles. The Kier molecular flexibility index (Phi) is 5.82. The van der Waals surface area contributed by atoms with E-state index in [2.05, 4.69) is 19.2 Å². The van der Waals surface area contributed by atoms with E-state index in [1.807, 2.05) is 17.1 Å². The van der Waals surface area contributed by atoms with Gasteiger partial charge in [0.1, 0.15) is 0 Å². The SMILES string of the molecule is CC(C)CC1(CNC(=O)C2CC=CCC2C(=O)N2CCOCC2)CC1. The molecule has 0 bridgehead atoms. The molecule has 2 atom stereocenters. The topological polar surface area (TPSA) is 58.6 Å². The summed E-state index contributed by atoms with van der Waals surface area (Å²) in [6.45, 7) is 7.74. The van der Waals surface area contributed by atoms with Gasteiger partial charge in [-0.15, -0.1) is 0 Å². The summed E-state index contributed by atoms with van der Waals surface area (Å²) in [6.07, 6.45) is 9.05. The highest BCUT2D eigenvalue weighted by molar-refractivity contribution is 5.88. The molecule has 0 aromatic heterocycles. The molecule has 2 amide bonds. The summed E-state index contributed by atoms with van der Waals surface area (Å²) >= 11 is 0. The van der Waals surface area contributed by atoms with Crippen molar-refractivity contribution in [3.63, 3.8) is 0 Å². The number of nitrogens with zero attached hydrogens (tertiary/aromatic N) is 1. The lowest BCUT2D eigenvalue weighted by molar-refractivity contribution is -0.145. The third kappa shape index (κ3) is 4.63. The highest BCUT2D eigenvalue weighted by Gasteiger charge is 2.44. The van der Waals surface area contributed by atoms with Crippen LogP contribution >= 0.6 is 0 Å². The minimum Gasteiger partial charge on any atom is -0.378 e. The number of rotatable bonds is 6. The molecule has 0 aromatic carbocycles. The second kappa shape index (κ2) is 7.90. The monoisotopic (exact) mass is 348 g/mol. The average Bonchev–Trinajstić information content (AvgIpc) is 3.39. The summed E-state index contributed by atoms with van der Waals surface area (Å²) in [6, 6.07) is 0. The van der Waals surface area contributed by atoms with Crippen LogP contribution in [0.4, 0.5) is 0 Å². The number of hydrogen-bond acceptors (Lipinski definition) is 3. The van der Waals surface area contributed by atoms with E-state index in [4.69, 9.17) is 4.74 Å². The zero-order chi connectivity index (χ0) is 17.9. The van der Waals surface area contributed by atoms with Gasteiger partial charge in [-0.05, 0) is 43.4 Å². The van der Waals surface area contributed by atoms with E-state index in [0.29, 0.717) is 50.5 Å². The highest BCUT2D eigenvalue weighted by atomic mass is 16.5. The third-order valence-electron chi connectivity index (χ3n) is 5.85. The number of allylic oxidation sites excluding steroid dienone is 2. The van der Waals surface area contributed by atoms with Crippen LogP contribution in [0.5, 0.6) is 0 Å². The van der Waals surface area contributed by atoms with Gasteiger partial charge in [0.15, 0.2) is 0 Å². The normalized spacial score (nSPS) is 28.0. The lowest BCUT2D eigenvalue weighted by atomic mass is 9.81. The van der Waals surface area contributed by atoms with E-state index in [9.17, 15) is 9.59 Å². The van der Waals surface area contributed by atoms with E-state index < -0.39 is 0 Å². The van der Waals surface area contributed by atoms with Crippen LogP contribution in [0.1, 0.15) is 46.0 Å². The van der Waals surface area contributed by atoms with Crippen molar-refractivity contribution in [2.75, 3.05) is 32.8 Å². The zero-order valence-electron chi connectivity index (χ0n) is 15.6. The maximum atomic E-state index is 12.9. The van der Waals surface area contributed by atoms with Crippen molar-refractivity contribution in [3.05, 3.63) is 12.2 Å². The number of carbonyl (C=O) groups is 2. The fraction of sp³-hybridized carbons (Fsp3) is 0.800. The fourth-order valence-corrected chi connectivity index (χ4v) is 4.30. The quantitative estimate of drug-likeness (QED) is 0.750. The van der Waals surface area contributed by atoms with Crippen LogP contribution < -0.4 is 5.32 Å². The molecule has 2 fully saturated rings. The zero-order valence-corrected chi connectivity index (χ0v) is 15.6. The lowest BCUT2D eigenvalue weighted by Gasteiger charge is -2.34. The van der Waals surface area contributed by atoms with Crippen molar-refractivity contribution in [2.24, 2.45) is 23.2 Å². The van der Waals surface area contributed by atoms with Gasteiger partial charge in [0, 0.05) is 19.6 Å². The molecular weight excluding hydrogens is 316 g/mol. The molecule has 2 unspecified atom stereocenters. The Morgan fingerprint density at radius 2 is 1.80 bits per heavy atom. The van der Waals surface area contributed by atoms with E-state index in [-0.39, 0.29) is 23.7 Å². The van der Waals surface area contributed by atoms with Gasteiger partial charge >= 0.3 is 0 Å². The fourth-order valence-electron chi connectivity index (χ4n) is 4.30. The summed E-state index contributed by atoms with van der Waals surface area (Å²) in [5.74, 6) is 0.397. The van der Waals surface area contributed by atoms with Crippen LogP contribution in [0.25, 0.3) is 0 Å². The number of carbonyl (C=O) groups excluding carboxylic acids is 2. The van der Waals surface area contributed by atoms with Gasteiger partial charge in [0.2, 0.25) is 11.8 Å². The molecule has 3 aliphatic rings. The first-order valence-corrected chi connectivity index (χ1v) is 9.80. The summed E-state index contributed by atoms with van der Waals surface area (Å²) in [4.78, 5) is 27.6. The van der Waals surface area contributed by atoms with Crippen molar-refractivity contribution in [3.8, 4) is 0 Å². The smallest absolute Gasteiger partial charge is 0.226 e. The van der Waals surface area contributed by atoms with Gasteiger partial charge < -0.3 is 15.0 Å². The maximum Gasteiger partial charge on any atom is 0.226 e. The van der Waals surface area contributed by atoms with Gasteiger partial charge in [-0.25, -0.2) is 0 Å². The Bertz CT molecular complexity index is 519. The average molecular weight is 348 g/mol. The summed E-state index contributed by atoms with van der Waals surface area (Å²) in [7, 11) is 0. The standard InChI is InChI=1S/C20H32N2O3/c1-15(2)13-20(7-8-20)14-21-18(23)16-5-3-4-6-17(16)19(24)22-9-11-25-12-10-22/h3-4,15-17H,5-14H2,1-2H3,(H,21,23). The van der Waals surface area contributed by atoms with Crippen LogP contribution in [0.3, 0.4) is 0 Å². The number of nitrogens with one attached hydrogen (secondary N) is 1. The molecule has 5 nitrogen and oxygen atoms in total. The van der Waals surface area contributed by atoms with Gasteiger partial charge in [-0.2, -0.15) is 0 Å². The Morgan fingerprint density at radius 3 is 2.40 bits per heavy atom. The molecule has 3 rings (SSSR count). The Balaban J connectivity index is 1.57. The van der Waals surface area contributed by atoms with E-state index in [1.54, 1.807) is 0 Å². The molecule has 0 aromatic rings. The summed E-state index contributed by atoms with van der Waals surface area (Å²) in [5, 5.41) is 3.18. The molecule has 0 spiro atoms. The number of ether oxygens (including phenoxy) is 1. The maximum absolute atomic E-state index is 12.9. The Hall–Kier alpha value is -1.36. The summed E-state index contributed by atoms with van der Waals surface area (Å²) in [5.41, 5.74) is 0.318. The van der Waals surface area contributed by atoms with Crippen LogP contribution in [0.15, 0.2) is 12.2 Å². The first kappa shape index (κ1) is 18.4. The predicted octanol–water partition coefficient (Wildman–Crippen LogP) is 2.37. The molecule has 25 heavy (non-hydrogen) atoms. The van der Waals surface area contributed by atoms with Crippen LogP contribution in [-0.4, -0.2) is 49.6 Å². The molecule has 5 heteroatoms. The van der Waals surface area contributed by atoms with Crippen molar-refractivity contribution < 1.29 is 14.3 Å². The molecule has 1 aliphatic heterocycles. The van der Waals surface area contributed by atoms with E-state index in [1.165, 1.54) is 19.3 Å². The van der Waals surface area contributed by atoms with Crippen LogP contribution in [0.2, 0.25) is 0 Å². The van der Waals surface area contributed by atoms with E-state index in [0.717, 1.165) is 6.54 Å². The first-order chi connectivity index (χ1) is 12.0. The van der Waals surface area contributed by atoms with Crippen molar-refractivity contribution in [1.82, 2.24) is 10.2 Å².